The summed E-state index contributed by atoms with van der Waals surface area (Å²) in [6.07, 6.45) is 4.39. The molecule has 0 bridgehead atoms. The Bertz CT molecular complexity index is 978. The van der Waals surface area contributed by atoms with Crippen molar-refractivity contribution in [3.63, 3.8) is 0 Å². The molecule has 0 spiro atoms. The fourth-order valence-electron chi connectivity index (χ4n) is 4.12. The maximum absolute atomic E-state index is 13.9. The van der Waals surface area contributed by atoms with Crippen molar-refractivity contribution >= 4 is 19.4 Å². The summed E-state index contributed by atoms with van der Waals surface area (Å²) in [5, 5.41) is 23.9. The van der Waals surface area contributed by atoms with Crippen molar-refractivity contribution in [1.29, 1.82) is 0 Å². The number of rotatable bonds is 10. The van der Waals surface area contributed by atoms with Gasteiger partial charge in [-0.25, -0.2) is 4.57 Å². The van der Waals surface area contributed by atoms with Crippen LogP contribution in [-0.2, 0) is 9.36 Å². The molecule has 0 amide bonds. The van der Waals surface area contributed by atoms with Crippen LogP contribution in [0.3, 0.4) is 0 Å². The van der Waals surface area contributed by atoms with E-state index < -0.39 is 24.2 Å². The molecule has 2 aromatic carbocycles. The molecule has 9 nitrogen and oxygen atoms in total. The summed E-state index contributed by atoms with van der Waals surface area (Å²) in [5.74, 6) is -1.06. The Morgan fingerprint density at radius 2 is 1.66 bits per heavy atom. The molecule has 1 saturated carbocycles. The standard InChI is InChI=1S/C22H27N2O7P/c1-2-22(21(25)26,17-9-5-3-6-10-17)23-32(29,30-19-11-7-4-8-12-19)31-20-15-13-18(14-16-20)24(27)28/h4,7-8,11-17H,2-3,5-6,9-10H2,1H3,(H,23,29)(H,25,26)/t22-,32?/m0/s1. The molecule has 3 rings (SSSR count). The number of hydrogen-bond acceptors (Lipinski definition) is 6. The van der Waals surface area contributed by atoms with E-state index in [9.17, 15) is 24.6 Å². The number of benzene rings is 2. The highest BCUT2D eigenvalue weighted by molar-refractivity contribution is 7.52. The molecule has 0 aromatic heterocycles. The summed E-state index contributed by atoms with van der Waals surface area (Å²) in [7, 11) is -4.26. The summed E-state index contributed by atoms with van der Waals surface area (Å²) < 4.78 is 25.3. The van der Waals surface area contributed by atoms with Gasteiger partial charge >= 0.3 is 13.7 Å². The first-order chi connectivity index (χ1) is 15.3. The van der Waals surface area contributed by atoms with Crippen LogP contribution in [0.4, 0.5) is 5.69 Å². The van der Waals surface area contributed by atoms with E-state index in [4.69, 9.17) is 9.05 Å². The van der Waals surface area contributed by atoms with Gasteiger partial charge in [0.1, 0.15) is 17.0 Å². The molecule has 172 valence electrons. The second-order valence-electron chi connectivity index (χ2n) is 7.82. The van der Waals surface area contributed by atoms with Gasteiger partial charge in [-0.05, 0) is 49.4 Å². The normalized spacial score (nSPS) is 18.2. The number of nitrogens with zero attached hydrogens (tertiary/aromatic N) is 1. The molecule has 2 N–H and O–H groups in total. The number of nitro groups is 1. The van der Waals surface area contributed by atoms with E-state index in [1.54, 1.807) is 37.3 Å². The zero-order valence-electron chi connectivity index (χ0n) is 17.8. The third-order valence-electron chi connectivity index (χ3n) is 5.82. The van der Waals surface area contributed by atoms with Crippen LogP contribution in [0.5, 0.6) is 11.5 Å². The van der Waals surface area contributed by atoms with Crippen molar-refractivity contribution < 1.29 is 28.4 Å². The van der Waals surface area contributed by atoms with Crippen LogP contribution < -0.4 is 14.1 Å². The van der Waals surface area contributed by atoms with Crippen LogP contribution in [0, 0.1) is 16.0 Å². The number of hydrogen-bond donors (Lipinski definition) is 2. The maximum Gasteiger partial charge on any atom is 0.513 e. The van der Waals surface area contributed by atoms with Gasteiger partial charge in [0.05, 0.1) is 4.92 Å². The summed E-state index contributed by atoms with van der Waals surface area (Å²) in [6.45, 7) is 1.73. The minimum absolute atomic E-state index is 0.0569. The van der Waals surface area contributed by atoms with Gasteiger partial charge < -0.3 is 14.2 Å². The minimum Gasteiger partial charge on any atom is -0.480 e. The van der Waals surface area contributed by atoms with E-state index in [0.29, 0.717) is 12.8 Å². The highest BCUT2D eigenvalue weighted by atomic mass is 31.2. The quantitative estimate of drug-likeness (QED) is 0.267. The van der Waals surface area contributed by atoms with Gasteiger partial charge in [0, 0.05) is 12.1 Å². The highest BCUT2D eigenvalue weighted by Crippen LogP contribution is 2.50. The lowest BCUT2D eigenvalue weighted by molar-refractivity contribution is -0.384. The summed E-state index contributed by atoms with van der Waals surface area (Å²) >= 11 is 0. The molecule has 1 fully saturated rings. The average Bonchev–Trinajstić information content (AvgIpc) is 2.79. The lowest BCUT2D eigenvalue weighted by Crippen LogP contribution is -2.57. The number of aliphatic carboxylic acids is 1. The Hall–Kier alpha value is -2.90. The molecular weight excluding hydrogens is 435 g/mol. The number of carboxylic acids is 1. The Balaban J connectivity index is 1.97. The van der Waals surface area contributed by atoms with E-state index in [1.165, 1.54) is 24.3 Å². The lowest BCUT2D eigenvalue weighted by Gasteiger charge is -2.40. The first kappa shape index (κ1) is 23.8. The first-order valence-electron chi connectivity index (χ1n) is 10.6. The summed E-state index contributed by atoms with van der Waals surface area (Å²) in [4.78, 5) is 22.8. The molecular formula is C22H27N2O7P. The van der Waals surface area contributed by atoms with Crippen LogP contribution in [0.2, 0.25) is 0 Å². The molecule has 2 atom stereocenters. The van der Waals surface area contributed by atoms with Crippen molar-refractivity contribution in [1.82, 2.24) is 5.09 Å². The average molecular weight is 462 g/mol. The number of carboxylic acid groups (broad SMARTS) is 1. The number of carbonyl (C=O) groups is 1. The SMILES string of the molecule is CC[C@@](NP(=O)(Oc1ccccc1)Oc1ccc([N+](=O)[O-])cc1)(C(=O)O)C1CCCCC1. The predicted molar refractivity (Wildman–Crippen MR) is 119 cm³/mol. The molecule has 1 aliphatic rings. The third kappa shape index (κ3) is 5.47. The van der Waals surface area contributed by atoms with Crippen molar-refractivity contribution in [2.75, 3.05) is 0 Å². The number of nitro benzene ring substituents is 1. The van der Waals surface area contributed by atoms with Gasteiger partial charge in [0.15, 0.2) is 0 Å². The van der Waals surface area contributed by atoms with Gasteiger partial charge in [-0.1, -0.05) is 44.4 Å². The van der Waals surface area contributed by atoms with Crippen molar-refractivity contribution in [3.05, 3.63) is 64.7 Å². The third-order valence-corrected chi connectivity index (χ3v) is 7.39. The predicted octanol–water partition coefficient (Wildman–Crippen LogP) is 5.56. The van der Waals surface area contributed by atoms with Gasteiger partial charge in [-0.15, -0.1) is 0 Å². The van der Waals surface area contributed by atoms with Crippen molar-refractivity contribution in [3.8, 4) is 11.5 Å². The molecule has 1 unspecified atom stereocenters. The molecule has 32 heavy (non-hydrogen) atoms. The van der Waals surface area contributed by atoms with Crippen LogP contribution in [0.15, 0.2) is 54.6 Å². The van der Waals surface area contributed by atoms with Gasteiger partial charge in [0.25, 0.3) is 5.69 Å². The van der Waals surface area contributed by atoms with Crippen molar-refractivity contribution in [2.24, 2.45) is 5.92 Å². The van der Waals surface area contributed by atoms with Crippen molar-refractivity contribution in [2.45, 2.75) is 51.0 Å². The highest BCUT2D eigenvalue weighted by Gasteiger charge is 2.51. The Morgan fingerprint density at radius 1 is 1.09 bits per heavy atom. The van der Waals surface area contributed by atoms with Gasteiger partial charge in [-0.2, -0.15) is 5.09 Å². The zero-order valence-corrected chi connectivity index (χ0v) is 18.7. The maximum atomic E-state index is 13.9. The minimum atomic E-state index is -4.26. The molecule has 0 aliphatic heterocycles. The van der Waals surface area contributed by atoms with E-state index in [1.807, 2.05) is 0 Å². The lowest BCUT2D eigenvalue weighted by atomic mass is 9.74. The number of nitrogens with one attached hydrogen (secondary N) is 1. The molecule has 0 heterocycles. The second-order valence-corrected chi connectivity index (χ2v) is 9.40. The monoisotopic (exact) mass is 462 g/mol. The molecule has 0 radical (unpaired) electrons. The van der Waals surface area contributed by atoms with Crippen LogP contribution >= 0.6 is 7.75 Å². The smallest absolute Gasteiger partial charge is 0.480 e. The molecule has 1 aliphatic carbocycles. The summed E-state index contributed by atoms with van der Waals surface area (Å²) in [5.41, 5.74) is -1.66. The fraction of sp³-hybridized carbons (Fsp3) is 0.409. The summed E-state index contributed by atoms with van der Waals surface area (Å²) in [6, 6.07) is 13.4. The van der Waals surface area contributed by atoms with E-state index in [-0.39, 0.29) is 29.5 Å². The van der Waals surface area contributed by atoms with Gasteiger partial charge in [-0.3, -0.25) is 14.9 Å². The van der Waals surface area contributed by atoms with E-state index >= 15 is 0 Å². The molecule has 2 aromatic rings. The first-order valence-corrected chi connectivity index (χ1v) is 12.1. The van der Waals surface area contributed by atoms with Crippen LogP contribution in [-0.4, -0.2) is 21.5 Å². The molecule has 10 heteroatoms. The molecule has 0 saturated heterocycles. The largest absolute Gasteiger partial charge is 0.513 e. The second kappa shape index (κ2) is 10.1. The Kier molecular flexibility index (Phi) is 7.53. The van der Waals surface area contributed by atoms with E-state index in [0.717, 1.165) is 19.3 Å². The Labute approximate surface area is 186 Å². The van der Waals surface area contributed by atoms with Crippen LogP contribution in [0.25, 0.3) is 0 Å². The Morgan fingerprint density at radius 3 is 2.16 bits per heavy atom. The number of non-ortho nitro benzene ring substituents is 1. The fourth-order valence-corrected chi connectivity index (χ4v) is 5.98. The zero-order chi connectivity index (χ0) is 23.2. The topological polar surface area (TPSA) is 128 Å². The van der Waals surface area contributed by atoms with Crippen LogP contribution in [0.1, 0.15) is 45.4 Å². The van der Waals surface area contributed by atoms with Gasteiger partial charge in [0.2, 0.25) is 0 Å². The number of para-hydroxylation sites is 1. The van der Waals surface area contributed by atoms with E-state index in [2.05, 4.69) is 5.09 Å².